The maximum atomic E-state index is 8.96. The van der Waals surface area contributed by atoms with Crippen molar-refractivity contribution in [3.8, 4) is 0 Å². The smallest absolute Gasteiger partial charge is 0.272 e. The van der Waals surface area contributed by atoms with E-state index in [2.05, 4.69) is 4.74 Å². The number of benzene rings is 1. The molecule has 64 valence electrons. The van der Waals surface area contributed by atoms with Crippen LogP contribution in [0.5, 0.6) is 0 Å². The van der Waals surface area contributed by atoms with Crippen molar-refractivity contribution in [1.82, 2.24) is 0 Å². The fourth-order valence-corrected chi connectivity index (χ4v) is 0.903. The quantitative estimate of drug-likeness (QED) is 0.694. The van der Waals surface area contributed by atoms with Gasteiger partial charge in [0.15, 0.2) is 0 Å². The Balaban J connectivity index is 2.54. The number of methoxy groups -OCH3 is 1. The van der Waals surface area contributed by atoms with Crippen LogP contribution in [0.3, 0.4) is 0 Å². The zero-order valence-corrected chi connectivity index (χ0v) is 7.03. The Labute approximate surface area is 72.1 Å². The van der Waals surface area contributed by atoms with Crippen molar-refractivity contribution in [3.05, 3.63) is 47.9 Å². The lowest BCUT2D eigenvalue weighted by Gasteiger charge is -1.97. The molecule has 0 bridgehead atoms. The monoisotopic (exact) mass is 164 g/mol. The molecule has 0 unspecified atom stereocenters. The number of ether oxygens (including phenoxy) is 1. The molecule has 0 aliphatic heterocycles. The molecule has 0 spiro atoms. The van der Waals surface area contributed by atoms with E-state index < -0.39 is 0 Å². The number of hydrogen-bond donors (Lipinski definition) is 1. The molecular weight excluding hydrogens is 152 g/mol. The van der Waals surface area contributed by atoms with Crippen LogP contribution in [0.4, 0.5) is 0 Å². The first-order valence-electron chi connectivity index (χ1n) is 3.80. The highest BCUT2D eigenvalue weighted by Crippen LogP contribution is 2.01. The van der Waals surface area contributed by atoms with Gasteiger partial charge in [-0.2, -0.15) is 0 Å². The van der Waals surface area contributed by atoms with Gasteiger partial charge >= 0.3 is 0 Å². The van der Waals surface area contributed by atoms with Crippen LogP contribution in [0.25, 0.3) is 0 Å². The van der Waals surface area contributed by atoms with E-state index in [0.29, 0.717) is 6.42 Å². The largest absolute Gasteiger partial charge is 0.481 e. The van der Waals surface area contributed by atoms with Crippen molar-refractivity contribution in [1.29, 1.82) is 0 Å². The van der Waals surface area contributed by atoms with Gasteiger partial charge in [-0.1, -0.05) is 30.3 Å². The van der Waals surface area contributed by atoms with Crippen molar-refractivity contribution in [2.45, 2.75) is 6.42 Å². The summed E-state index contributed by atoms with van der Waals surface area (Å²) in [5.41, 5.74) is 1.15. The Morgan fingerprint density at radius 2 is 2.08 bits per heavy atom. The molecule has 0 saturated heterocycles. The lowest BCUT2D eigenvalue weighted by atomic mass is 10.1. The summed E-state index contributed by atoms with van der Waals surface area (Å²) >= 11 is 0. The molecule has 1 aromatic rings. The second kappa shape index (κ2) is 4.44. The second-order valence-corrected chi connectivity index (χ2v) is 2.44. The van der Waals surface area contributed by atoms with E-state index in [0.717, 1.165) is 5.56 Å². The molecule has 0 aromatic heterocycles. The molecule has 2 nitrogen and oxygen atoms in total. The molecule has 0 amide bonds. The molecule has 0 saturated carbocycles. The van der Waals surface area contributed by atoms with E-state index in [4.69, 9.17) is 5.11 Å². The first-order valence-corrected chi connectivity index (χ1v) is 3.80. The molecule has 12 heavy (non-hydrogen) atoms. The second-order valence-electron chi connectivity index (χ2n) is 2.44. The lowest BCUT2D eigenvalue weighted by molar-refractivity contribution is 0.135. The molecule has 1 aromatic carbocycles. The van der Waals surface area contributed by atoms with Gasteiger partial charge in [-0.15, -0.1) is 0 Å². The minimum absolute atomic E-state index is 0.0288. The van der Waals surface area contributed by atoms with Gasteiger partial charge in [0.2, 0.25) is 0 Å². The highest BCUT2D eigenvalue weighted by molar-refractivity contribution is 5.17. The van der Waals surface area contributed by atoms with Crippen molar-refractivity contribution in [2.75, 3.05) is 7.11 Å². The molecule has 0 aliphatic carbocycles. The fourth-order valence-electron chi connectivity index (χ4n) is 0.903. The summed E-state index contributed by atoms with van der Waals surface area (Å²) in [5.74, 6) is -0.0288. The van der Waals surface area contributed by atoms with Gasteiger partial charge in [0.05, 0.1) is 7.11 Å². The summed E-state index contributed by atoms with van der Waals surface area (Å²) in [6.07, 6.45) is 2.33. The molecule has 2 heteroatoms. The van der Waals surface area contributed by atoms with Crippen LogP contribution in [-0.4, -0.2) is 12.2 Å². The van der Waals surface area contributed by atoms with E-state index in [9.17, 15) is 0 Å². The van der Waals surface area contributed by atoms with Gasteiger partial charge in [-0.3, -0.25) is 0 Å². The van der Waals surface area contributed by atoms with Gasteiger partial charge in [-0.25, -0.2) is 0 Å². The van der Waals surface area contributed by atoms with E-state index in [1.54, 1.807) is 6.08 Å². The van der Waals surface area contributed by atoms with E-state index in [1.165, 1.54) is 7.11 Å². The van der Waals surface area contributed by atoms with Crippen LogP contribution in [-0.2, 0) is 11.2 Å². The number of rotatable bonds is 3. The predicted molar refractivity (Wildman–Crippen MR) is 47.9 cm³/mol. The third-order valence-corrected chi connectivity index (χ3v) is 1.56. The standard InChI is InChI=1S/C10H12O2/c1-12-10(11)8-7-9-5-3-2-4-6-9/h2-6,8,11H,7H2,1H3/b10-8+. The summed E-state index contributed by atoms with van der Waals surface area (Å²) in [6.45, 7) is 0. The molecule has 1 N–H and O–H groups in total. The Morgan fingerprint density at radius 1 is 1.42 bits per heavy atom. The van der Waals surface area contributed by atoms with Gasteiger partial charge in [0, 0.05) is 6.08 Å². The van der Waals surface area contributed by atoms with Crippen LogP contribution >= 0.6 is 0 Å². The van der Waals surface area contributed by atoms with Crippen molar-refractivity contribution in [2.24, 2.45) is 0 Å². The Hall–Kier alpha value is -1.44. The average molecular weight is 164 g/mol. The van der Waals surface area contributed by atoms with Gasteiger partial charge in [0.1, 0.15) is 0 Å². The van der Waals surface area contributed by atoms with Crippen molar-refractivity contribution >= 4 is 0 Å². The number of hydrogen-bond acceptors (Lipinski definition) is 2. The van der Waals surface area contributed by atoms with Crippen LogP contribution in [0.2, 0.25) is 0 Å². The first kappa shape index (κ1) is 8.65. The van der Waals surface area contributed by atoms with Crippen LogP contribution in [0.15, 0.2) is 42.4 Å². The van der Waals surface area contributed by atoms with Crippen molar-refractivity contribution in [3.63, 3.8) is 0 Å². The summed E-state index contributed by atoms with van der Waals surface area (Å²) in [7, 11) is 1.44. The van der Waals surface area contributed by atoms with E-state index >= 15 is 0 Å². The SMILES string of the molecule is CO/C(O)=C/Cc1ccccc1. The Bertz CT molecular complexity index is 252. The lowest BCUT2D eigenvalue weighted by Crippen LogP contribution is -1.86. The molecular formula is C10H12O2. The average Bonchev–Trinajstić information content (AvgIpc) is 2.16. The summed E-state index contributed by atoms with van der Waals surface area (Å²) in [5, 5.41) is 8.96. The van der Waals surface area contributed by atoms with Crippen LogP contribution in [0.1, 0.15) is 5.56 Å². The molecule has 0 heterocycles. The van der Waals surface area contributed by atoms with Crippen molar-refractivity contribution < 1.29 is 9.84 Å². The van der Waals surface area contributed by atoms with Crippen LogP contribution in [0, 0.1) is 0 Å². The minimum Gasteiger partial charge on any atom is -0.481 e. The van der Waals surface area contributed by atoms with E-state index in [-0.39, 0.29) is 5.95 Å². The fraction of sp³-hybridized carbons (Fsp3) is 0.200. The minimum atomic E-state index is -0.0288. The third kappa shape index (κ3) is 2.66. The molecule has 0 atom stereocenters. The Morgan fingerprint density at radius 3 is 2.67 bits per heavy atom. The predicted octanol–water partition coefficient (Wildman–Crippen LogP) is 2.27. The van der Waals surface area contributed by atoms with Gasteiger partial charge in [-0.05, 0) is 12.0 Å². The topological polar surface area (TPSA) is 29.5 Å². The van der Waals surface area contributed by atoms with Gasteiger partial charge < -0.3 is 9.84 Å². The molecule has 0 aliphatic rings. The van der Waals surface area contributed by atoms with Crippen LogP contribution < -0.4 is 0 Å². The Kier molecular flexibility index (Phi) is 3.20. The maximum Gasteiger partial charge on any atom is 0.272 e. The zero-order chi connectivity index (χ0) is 8.81. The molecule has 1 rings (SSSR count). The molecule has 0 fully saturated rings. The molecule has 0 radical (unpaired) electrons. The number of aliphatic hydroxyl groups is 1. The number of aliphatic hydroxyl groups excluding tert-OH is 1. The third-order valence-electron chi connectivity index (χ3n) is 1.56. The zero-order valence-electron chi connectivity index (χ0n) is 7.03. The summed E-state index contributed by atoms with van der Waals surface area (Å²) in [4.78, 5) is 0. The normalized spacial score (nSPS) is 11.2. The highest BCUT2D eigenvalue weighted by atomic mass is 16.6. The maximum absolute atomic E-state index is 8.96. The number of allylic oxidation sites excluding steroid dienone is 1. The summed E-state index contributed by atoms with van der Waals surface area (Å²) in [6, 6.07) is 9.89. The summed E-state index contributed by atoms with van der Waals surface area (Å²) < 4.78 is 4.59. The van der Waals surface area contributed by atoms with Gasteiger partial charge in [0.25, 0.3) is 5.95 Å². The highest BCUT2D eigenvalue weighted by Gasteiger charge is 1.90. The van der Waals surface area contributed by atoms with E-state index in [1.807, 2.05) is 30.3 Å². The first-order chi connectivity index (χ1) is 5.83.